The van der Waals surface area contributed by atoms with Gasteiger partial charge in [-0.05, 0) is 135 Å². The summed E-state index contributed by atoms with van der Waals surface area (Å²) in [6, 6.07) is 23.5. The van der Waals surface area contributed by atoms with Gasteiger partial charge >= 0.3 is 0 Å². The van der Waals surface area contributed by atoms with Gasteiger partial charge in [0.1, 0.15) is 0 Å². The number of methoxy groups -OCH3 is 6. The molecule has 0 bridgehead atoms. The minimum Gasteiger partial charge on any atom is -0.493 e. The maximum Gasteiger partial charge on any atom is 0.253 e. The van der Waals surface area contributed by atoms with E-state index in [4.69, 9.17) is 28.4 Å². The first kappa shape index (κ1) is 42.2. The fourth-order valence-corrected chi connectivity index (χ4v) is 8.96. The van der Waals surface area contributed by atoms with E-state index in [0.29, 0.717) is 69.4 Å². The number of benzene rings is 4. The molecular weight excluding hydrogens is 735 g/mol. The van der Waals surface area contributed by atoms with E-state index in [-0.39, 0.29) is 11.8 Å². The van der Waals surface area contributed by atoms with E-state index in [1.54, 1.807) is 42.7 Å². The zero-order valence-electron chi connectivity index (χ0n) is 35.5. The van der Waals surface area contributed by atoms with E-state index >= 15 is 0 Å². The molecule has 11 nitrogen and oxygen atoms in total. The van der Waals surface area contributed by atoms with Crippen LogP contribution in [0.25, 0.3) is 22.3 Å². The molecule has 0 spiro atoms. The molecule has 1 atom stereocenters. The van der Waals surface area contributed by atoms with Crippen molar-refractivity contribution >= 4 is 11.8 Å². The molecule has 310 valence electrons. The molecule has 2 fully saturated rings. The predicted molar refractivity (Wildman–Crippen MR) is 227 cm³/mol. The highest BCUT2D eigenvalue weighted by Crippen LogP contribution is 2.43. The second-order valence-corrected chi connectivity index (χ2v) is 15.5. The summed E-state index contributed by atoms with van der Waals surface area (Å²) < 4.78 is 33.1. The first-order valence-electron chi connectivity index (χ1n) is 20.1. The average molecular weight is 794 g/mol. The number of likely N-dealkylation sites (tertiary alicyclic amines) is 2. The molecule has 0 aromatic heterocycles. The summed E-state index contributed by atoms with van der Waals surface area (Å²) >= 11 is 0. The molecule has 1 unspecified atom stereocenters. The van der Waals surface area contributed by atoms with E-state index in [0.717, 1.165) is 74.1 Å². The topological polar surface area (TPSA) is 99.2 Å². The van der Waals surface area contributed by atoms with Crippen molar-refractivity contribution < 1.29 is 38.0 Å². The minimum atomic E-state index is 0.0652. The standard InChI is InChI=1S/C47H59N3O8/c1-30(48(2)3)43(33-18-22-49(23-19-33)46(51)35-14-10-31(11-15-35)37-26-39(53-4)44(57-8)40(27-37)54-5)34-20-24-50(25-21-34)47(52)36-16-12-32(13-17-36)38-28-41(55-6)45(58-9)42(29-38)56-7/h10-17,26-30,33-34,43H,18-25H2,1-9H3. The highest BCUT2D eigenvalue weighted by atomic mass is 16.5. The van der Waals surface area contributed by atoms with E-state index in [1.807, 2.05) is 82.6 Å². The molecule has 0 aliphatic carbocycles. The second-order valence-electron chi connectivity index (χ2n) is 15.5. The Morgan fingerprint density at radius 2 is 0.828 bits per heavy atom. The molecule has 2 aliphatic rings. The lowest BCUT2D eigenvalue weighted by atomic mass is 9.69. The van der Waals surface area contributed by atoms with Crippen LogP contribution in [0.3, 0.4) is 0 Å². The smallest absolute Gasteiger partial charge is 0.253 e. The number of hydrogen-bond acceptors (Lipinski definition) is 9. The first-order valence-corrected chi connectivity index (χ1v) is 20.1. The van der Waals surface area contributed by atoms with Crippen LogP contribution in [0.4, 0.5) is 0 Å². The molecule has 4 aromatic rings. The summed E-state index contributed by atoms with van der Waals surface area (Å²) in [6.45, 7) is 5.28. The molecule has 2 heterocycles. The zero-order chi connectivity index (χ0) is 41.5. The Labute approximate surface area is 343 Å². The third-order valence-corrected chi connectivity index (χ3v) is 12.4. The van der Waals surface area contributed by atoms with Crippen molar-refractivity contribution in [1.29, 1.82) is 0 Å². The quantitative estimate of drug-likeness (QED) is 0.126. The van der Waals surface area contributed by atoms with Crippen LogP contribution in [0.15, 0.2) is 72.8 Å². The summed E-state index contributed by atoms with van der Waals surface area (Å²) in [4.78, 5) is 33.8. The number of hydrogen-bond donors (Lipinski definition) is 0. The fraction of sp³-hybridized carbons (Fsp3) is 0.447. The van der Waals surface area contributed by atoms with Gasteiger partial charge in [0.2, 0.25) is 11.5 Å². The summed E-state index contributed by atoms with van der Waals surface area (Å²) in [5, 5.41) is 0. The number of rotatable bonds is 14. The summed E-state index contributed by atoms with van der Waals surface area (Å²) in [7, 11) is 13.9. The van der Waals surface area contributed by atoms with Crippen LogP contribution in [-0.4, -0.2) is 115 Å². The Balaban J connectivity index is 1.06. The Morgan fingerprint density at radius 1 is 0.517 bits per heavy atom. The van der Waals surface area contributed by atoms with Gasteiger partial charge in [-0.1, -0.05) is 24.3 Å². The van der Waals surface area contributed by atoms with E-state index in [2.05, 4.69) is 25.9 Å². The molecule has 2 aliphatic heterocycles. The third kappa shape index (κ3) is 8.84. The Morgan fingerprint density at radius 3 is 1.09 bits per heavy atom. The number of nitrogens with zero attached hydrogens (tertiary/aromatic N) is 3. The van der Waals surface area contributed by atoms with Crippen molar-refractivity contribution in [2.24, 2.45) is 17.8 Å². The van der Waals surface area contributed by atoms with Crippen LogP contribution in [0.1, 0.15) is 53.3 Å². The van der Waals surface area contributed by atoms with Crippen LogP contribution in [0.5, 0.6) is 34.5 Å². The van der Waals surface area contributed by atoms with E-state index in [1.165, 1.54) is 0 Å². The number of carbonyl (C=O) groups excluding carboxylic acids is 2. The molecule has 58 heavy (non-hydrogen) atoms. The zero-order valence-corrected chi connectivity index (χ0v) is 35.5. The van der Waals surface area contributed by atoms with Gasteiger partial charge < -0.3 is 43.1 Å². The highest BCUT2D eigenvalue weighted by Gasteiger charge is 2.39. The van der Waals surface area contributed by atoms with Gasteiger partial charge in [-0.3, -0.25) is 9.59 Å². The molecular formula is C47H59N3O8. The normalized spacial score (nSPS) is 15.6. The number of amides is 2. The number of ether oxygens (including phenoxy) is 6. The third-order valence-electron chi connectivity index (χ3n) is 12.4. The lowest BCUT2D eigenvalue weighted by Crippen LogP contribution is -2.49. The molecule has 0 radical (unpaired) electrons. The highest BCUT2D eigenvalue weighted by molar-refractivity contribution is 5.95. The van der Waals surface area contributed by atoms with Crippen molar-refractivity contribution in [1.82, 2.24) is 14.7 Å². The summed E-state index contributed by atoms with van der Waals surface area (Å²) in [5.74, 6) is 5.01. The van der Waals surface area contributed by atoms with Gasteiger partial charge in [-0.25, -0.2) is 0 Å². The molecule has 0 N–H and O–H groups in total. The van der Waals surface area contributed by atoms with Gasteiger partial charge in [0.05, 0.1) is 42.7 Å². The average Bonchev–Trinajstić information content (AvgIpc) is 3.27. The van der Waals surface area contributed by atoms with Gasteiger partial charge in [0, 0.05) is 43.3 Å². The second kappa shape index (κ2) is 18.9. The maximum atomic E-state index is 13.7. The van der Waals surface area contributed by atoms with Crippen molar-refractivity contribution in [2.75, 3.05) is 82.9 Å². The molecule has 6 rings (SSSR count). The van der Waals surface area contributed by atoms with Gasteiger partial charge in [0.15, 0.2) is 23.0 Å². The van der Waals surface area contributed by atoms with E-state index < -0.39 is 0 Å². The van der Waals surface area contributed by atoms with Crippen molar-refractivity contribution in [3.05, 3.63) is 83.9 Å². The lowest BCUT2D eigenvalue weighted by Gasteiger charge is -2.46. The van der Waals surface area contributed by atoms with Crippen molar-refractivity contribution in [2.45, 2.75) is 38.6 Å². The lowest BCUT2D eigenvalue weighted by molar-refractivity contribution is 0.0298. The molecule has 11 heteroatoms. The van der Waals surface area contributed by atoms with Gasteiger partial charge in [-0.2, -0.15) is 0 Å². The van der Waals surface area contributed by atoms with Crippen LogP contribution in [0, 0.1) is 17.8 Å². The monoisotopic (exact) mass is 793 g/mol. The van der Waals surface area contributed by atoms with Crippen LogP contribution in [-0.2, 0) is 0 Å². The van der Waals surface area contributed by atoms with Crippen LogP contribution < -0.4 is 28.4 Å². The first-order chi connectivity index (χ1) is 28.0. The maximum absolute atomic E-state index is 13.7. The van der Waals surface area contributed by atoms with Gasteiger partial charge in [-0.15, -0.1) is 0 Å². The van der Waals surface area contributed by atoms with Gasteiger partial charge in [0.25, 0.3) is 11.8 Å². The SMILES string of the molecule is COc1cc(-c2ccc(C(=O)N3CCC(C(C4CCN(C(=O)c5ccc(-c6cc(OC)c(OC)c(OC)c6)cc5)CC4)C(C)N(C)C)CC3)cc2)cc(OC)c1OC. The van der Waals surface area contributed by atoms with Crippen LogP contribution in [0.2, 0.25) is 0 Å². The van der Waals surface area contributed by atoms with Crippen molar-refractivity contribution in [3.8, 4) is 56.8 Å². The van der Waals surface area contributed by atoms with E-state index in [9.17, 15) is 9.59 Å². The Bertz CT molecular complexity index is 1830. The Hall–Kier alpha value is -5.42. The predicted octanol–water partition coefficient (Wildman–Crippen LogP) is 8.04. The largest absolute Gasteiger partial charge is 0.493 e. The number of piperidine rings is 2. The molecule has 2 amide bonds. The molecule has 2 saturated heterocycles. The summed E-state index contributed by atoms with van der Waals surface area (Å²) in [5.41, 5.74) is 5.09. The minimum absolute atomic E-state index is 0.0652. The van der Waals surface area contributed by atoms with Crippen molar-refractivity contribution in [3.63, 3.8) is 0 Å². The molecule has 0 saturated carbocycles. The summed E-state index contributed by atoms with van der Waals surface area (Å²) in [6.07, 6.45) is 3.87. The molecule has 4 aromatic carbocycles. The Kier molecular flexibility index (Phi) is 13.7. The number of carbonyl (C=O) groups is 2. The van der Waals surface area contributed by atoms with Crippen LogP contribution >= 0.6 is 0 Å². The fourth-order valence-electron chi connectivity index (χ4n) is 8.96.